The Bertz CT molecular complexity index is 1220. The highest BCUT2D eigenvalue weighted by Gasteiger charge is 2.37. The summed E-state index contributed by atoms with van der Waals surface area (Å²) in [6.45, 7) is 24.2. The molecule has 292 valence electrons. The Hall–Kier alpha value is -3.54. The van der Waals surface area contributed by atoms with Crippen molar-refractivity contribution >= 4 is 11.9 Å². The van der Waals surface area contributed by atoms with Gasteiger partial charge in [-0.1, -0.05) is 6.07 Å². The third kappa shape index (κ3) is 26.9. The summed E-state index contributed by atoms with van der Waals surface area (Å²) < 4.78 is 5.44. The lowest BCUT2D eigenvalue weighted by atomic mass is 10.2. The first kappa shape index (κ1) is 47.5. The molecule has 0 aromatic heterocycles. The van der Waals surface area contributed by atoms with Crippen LogP contribution in [-0.2, 0) is 48.7 Å². The van der Waals surface area contributed by atoms with Gasteiger partial charge in [0.25, 0.3) is 0 Å². The molecule has 2 aromatic rings. The van der Waals surface area contributed by atoms with Gasteiger partial charge in [-0.2, -0.15) is 19.6 Å². The quantitative estimate of drug-likeness (QED) is 0.0823. The molecule has 0 fully saturated rings. The zero-order valence-electron chi connectivity index (χ0n) is 32.3. The molecule has 0 saturated carbocycles. The highest BCUT2D eigenvalue weighted by molar-refractivity contribution is 5.68. The summed E-state index contributed by atoms with van der Waals surface area (Å²) in [5.41, 5.74) is -2.31. The number of phenolic OH excluding ortho intramolecular Hbond substituents is 2. The zero-order valence-corrected chi connectivity index (χ0v) is 32.3. The number of carbonyl (C=O) groups is 2. The first-order valence-corrected chi connectivity index (χ1v) is 16.1. The van der Waals surface area contributed by atoms with Crippen molar-refractivity contribution in [1.29, 1.82) is 0 Å². The largest absolute Gasteiger partial charge is 0.508 e. The van der Waals surface area contributed by atoms with Crippen molar-refractivity contribution in [3.63, 3.8) is 0 Å². The van der Waals surface area contributed by atoms with E-state index in [1.54, 1.807) is 113 Å². The smallest absolute Gasteiger partial charge is 0.309 e. The number of carboxylic acids is 2. The first-order valence-electron chi connectivity index (χ1n) is 16.1. The fourth-order valence-corrected chi connectivity index (χ4v) is 2.74. The third-order valence-electron chi connectivity index (χ3n) is 4.71. The zero-order chi connectivity index (χ0) is 39.9. The van der Waals surface area contributed by atoms with Gasteiger partial charge < -0.3 is 25.2 Å². The molecule has 0 unspecified atom stereocenters. The summed E-state index contributed by atoms with van der Waals surface area (Å²) in [4.78, 5) is 62.2. The number of rotatable bonds is 14. The minimum atomic E-state index is -1.51. The average molecular weight is 731 g/mol. The van der Waals surface area contributed by atoms with Gasteiger partial charge in [0, 0.05) is 6.07 Å². The van der Waals surface area contributed by atoms with Crippen LogP contribution in [0.5, 0.6) is 23.0 Å². The van der Waals surface area contributed by atoms with Crippen molar-refractivity contribution in [3.8, 4) is 23.0 Å². The molecule has 0 spiro atoms. The van der Waals surface area contributed by atoms with Gasteiger partial charge in [0.1, 0.15) is 35.8 Å². The van der Waals surface area contributed by atoms with E-state index < -0.39 is 58.8 Å². The number of ether oxygens (including phenoxy) is 1. The summed E-state index contributed by atoms with van der Waals surface area (Å²) >= 11 is 0. The van der Waals surface area contributed by atoms with Crippen molar-refractivity contribution in [2.24, 2.45) is 0 Å². The molecule has 0 aliphatic carbocycles. The van der Waals surface area contributed by atoms with Crippen molar-refractivity contribution in [2.75, 3.05) is 0 Å². The highest BCUT2D eigenvalue weighted by atomic mass is 17.3. The van der Waals surface area contributed by atoms with Crippen molar-refractivity contribution < 1.29 is 73.9 Å². The molecule has 2 rings (SSSR count). The second-order valence-electron chi connectivity index (χ2n) is 15.6. The standard InChI is InChI=1S/2C12H24O6.C12H10O3/c2*1-10(2,3)15-17-12(7,8-9(13)14)18-16-11(4,5)6;13-9-4-6-11(7-5-9)15-12-3-1-2-10(14)8-12/h2*8H2,1-7H3,(H,13,14);1-8,13-14H. The Morgan fingerprint density at radius 3 is 1.08 bits per heavy atom. The second-order valence-corrected chi connectivity index (χ2v) is 15.6. The van der Waals surface area contributed by atoms with E-state index in [0.717, 1.165) is 0 Å². The van der Waals surface area contributed by atoms with E-state index in [1.807, 2.05) is 0 Å². The fraction of sp³-hybridized carbons (Fsp3) is 0.611. The predicted octanol–water partition coefficient (Wildman–Crippen LogP) is 8.23. The van der Waals surface area contributed by atoms with E-state index in [4.69, 9.17) is 59.2 Å². The fourth-order valence-electron chi connectivity index (χ4n) is 2.74. The van der Waals surface area contributed by atoms with Crippen molar-refractivity contribution in [1.82, 2.24) is 0 Å². The number of benzene rings is 2. The molecule has 0 amide bonds. The van der Waals surface area contributed by atoms with Gasteiger partial charge in [-0.15, -0.1) is 0 Å². The summed E-state index contributed by atoms with van der Waals surface area (Å²) in [5.74, 6) is -3.65. The van der Waals surface area contributed by atoms with Gasteiger partial charge in [-0.3, -0.25) is 9.59 Å². The van der Waals surface area contributed by atoms with Crippen LogP contribution in [0.15, 0.2) is 48.5 Å². The lowest BCUT2D eigenvalue weighted by molar-refractivity contribution is -0.535. The summed E-state index contributed by atoms with van der Waals surface area (Å²) in [5, 5.41) is 36.0. The van der Waals surface area contributed by atoms with Crippen molar-refractivity contribution in [2.45, 2.75) is 144 Å². The van der Waals surface area contributed by atoms with E-state index in [-0.39, 0.29) is 11.5 Å². The molecule has 0 saturated heterocycles. The number of phenols is 2. The van der Waals surface area contributed by atoms with Gasteiger partial charge in [-0.25, -0.2) is 19.6 Å². The molecular weight excluding hydrogens is 672 g/mol. The van der Waals surface area contributed by atoms with Gasteiger partial charge >= 0.3 is 11.9 Å². The molecular formula is C36H58O15. The van der Waals surface area contributed by atoms with Gasteiger partial charge in [-0.05, 0) is 133 Å². The lowest BCUT2D eigenvalue weighted by Gasteiger charge is -2.31. The molecule has 0 aliphatic heterocycles. The van der Waals surface area contributed by atoms with Gasteiger partial charge in [0.2, 0.25) is 11.6 Å². The normalized spacial score (nSPS) is 12.6. The Morgan fingerprint density at radius 1 is 0.471 bits per heavy atom. The number of carboxylic acid groups (broad SMARTS) is 2. The molecule has 0 heterocycles. The van der Waals surface area contributed by atoms with E-state index in [0.29, 0.717) is 11.5 Å². The van der Waals surface area contributed by atoms with Crippen molar-refractivity contribution in [3.05, 3.63) is 48.5 Å². The number of hydrogen-bond donors (Lipinski definition) is 4. The maximum absolute atomic E-state index is 10.8. The summed E-state index contributed by atoms with van der Waals surface area (Å²) in [6, 6.07) is 12.9. The van der Waals surface area contributed by atoms with E-state index in [1.165, 1.54) is 32.0 Å². The van der Waals surface area contributed by atoms with Crippen LogP contribution in [0.2, 0.25) is 0 Å². The Morgan fingerprint density at radius 2 is 0.804 bits per heavy atom. The topological polar surface area (TPSA) is 198 Å². The van der Waals surface area contributed by atoms with E-state index >= 15 is 0 Å². The molecule has 4 N–H and O–H groups in total. The van der Waals surface area contributed by atoms with Crippen LogP contribution in [0.1, 0.15) is 110 Å². The van der Waals surface area contributed by atoms with E-state index in [9.17, 15) is 14.7 Å². The minimum Gasteiger partial charge on any atom is -0.508 e. The molecule has 51 heavy (non-hydrogen) atoms. The van der Waals surface area contributed by atoms with Crippen LogP contribution in [-0.4, -0.2) is 66.3 Å². The molecule has 2 aromatic carbocycles. The van der Waals surface area contributed by atoms with Crippen LogP contribution in [0.25, 0.3) is 0 Å². The Labute approximate surface area is 300 Å². The lowest BCUT2D eigenvalue weighted by Crippen LogP contribution is -2.40. The van der Waals surface area contributed by atoms with Gasteiger partial charge in [0.05, 0.1) is 22.4 Å². The monoisotopic (exact) mass is 730 g/mol. The minimum absolute atomic E-state index is 0.159. The summed E-state index contributed by atoms with van der Waals surface area (Å²) in [6.07, 6.45) is -0.807. The molecule has 0 atom stereocenters. The predicted molar refractivity (Wildman–Crippen MR) is 185 cm³/mol. The van der Waals surface area contributed by atoms with Gasteiger partial charge in [0.15, 0.2) is 0 Å². The van der Waals surface area contributed by atoms with Crippen LogP contribution >= 0.6 is 0 Å². The Balaban J connectivity index is 0.000000737. The molecule has 15 heteroatoms. The molecule has 15 nitrogen and oxygen atoms in total. The number of aromatic hydroxyl groups is 2. The SMILES string of the molecule is CC(C)(C)OOC(C)(CC(=O)O)OOC(C)(C)C.CC(C)(C)OOC(C)(CC(=O)O)OOC(C)(C)C.Oc1ccc(Oc2cccc(O)c2)cc1. The maximum Gasteiger partial charge on any atom is 0.309 e. The highest BCUT2D eigenvalue weighted by Crippen LogP contribution is 2.27. The first-order chi connectivity index (χ1) is 22.9. The average Bonchev–Trinajstić information content (AvgIpc) is 2.93. The van der Waals surface area contributed by atoms with Crippen LogP contribution in [0.4, 0.5) is 0 Å². The maximum atomic E-state index is 10.8. The van der Waals surface area contributed by atoms with Crippen LogP contribution < -0.4 is 4.74 Å². The second kappa shape index (κ2) is 19.9. The molecule has 0 bridgehead atoms. The van der Waals surface area contributed by atoms with Crippen LogP contribution in [0, 0.1) is 0 Å². The Kier molecular flexibility index (Phi) is 18.5. The van der Waals surface area contributed by atoms with E-state index in [2.05, 4.69) is 0 Å². The number of hydrogen-bond acceptors (Lipinski definition) is 13. The summed E-state index contributed by atoms with van der Waals surface area (Å²) in [7, 11) is 0. The molecule has 0 radical (unpaired) electrons. The molecule has 0 aliphatic rings. The van der Waals surface area contributed by atoms with Crippen LogP contribution in [0.3, 0.4) is 0 Å². The third-order valence-corrected chi connectivity index (χ3v) is 4.71. The number of aliphatic carboxylic acids is 2.